The fourth-order valence-electron chi connectivity index (χ4n) is 1.86. The third kappa shape index (κ3) is 17.4. The van der Waals surface area contributed by atoms with E-state index in [0.29, 0.717) is 0 Å². The van der Waals surface area contributed by atoms with Crippen LogP contribution in [0.1, 0.15) is 25.0 Å². The molecule has 2 aromatic carbocycles. The van der Waals surface area contributed by atoms with Crippen molar-refractivity contribution < 1.29 is 33.5 Å². The van der Waals surface area contributed by atoms with E-state index in [-0.39, 0.29) is 0 Å². The lowest BCUT2D eigenvalue weighted by atomic mass is 10.2. The number of rotatable bonds is 2. The number of aliphatic carboxylic acids is 2. The molecule has 0 aliphatic rings. The lowest BCUT2D eigenvalue weighted by molar-refractivity contribution is -0.135. The molecule has 2 unspecified atom stereocenters. The highest BCUT2D eigenvalue weighted by atomic mass is 28.5. The Bertz CT molecular complexity index is 864. The van der Waals surface area contributed by atoms with Crippen LogP contribution in [0.3, 0.4) is 0 Å². The molecule has 2 atom stereocenters. The molecule has 0 aliphatic heterocycles. The molecule has 0 aromatic heterocycles. The first-order chi connectivity index (χ1) is 14.3. The van der Waals surface area contributed by atoms with Gasteiger partial charge in [0.15, 0.2) is 0 Å². The largest absolute Gasteiger partial charge is 0.481 e. The van der Waals surface area contributed by atoms with E-state index in [0.717, 1.165) is 25.0 Å². The third-order valence-electron chi connectivity index (χ3n) is 2.82. The lowest BCUT2D eigenvalue weighted by Gasteiger charge is -2.21. The monoisotopic (exact) mass is 458 g/mol. The van der Waals surface area contributed by atoms with Crippen LogP contribution in [0.5, 0.6) is 0 Å². The Kier molecular flexibility index (Phi) is 12.5. The van der Waals surface area contributed by atoms with Crippen molar-refractivity contribution in [3.8, 4) is 22.9 Å². The van der Waals surface area contributed by atoms with Gasteiger partial charge in [0.2, 0.25) is 0 Å². The van der Waals surface area contributed by atoms with Crippen LogP contribution < -0.4 is 0 Å². The number of hydrogen-bond donors (Lipinski definition) is 4. The first kappa shape index (κ1) is 27.8. The maximum atomic E-state index is 10.4. The Balaban J connectivity index is 0.000000967. The van der Waals surface area contributed by atoms with E-state index < -0.39 is 29.1 Å². The van der Waals surface area contributed by atoms with Gasteiger partial charge in [-0.2, -0.15) is 0 Å². The summed E-state index contributed by atoms with van der Waals surface area (Å²) >= 11 is 0. The number of carboxylic acid groups (broad SMARTS) is 2. The molecule has 0 amide bonds. The van der Waals surface area contributed by atoms with Crippen molar-refractivity contribution in [3.05, 3.63) is 71.8 Å². The average molecular weight is 459 g/mol. The normalized spacial score (nSPS) is 12.8. The maximum absolute atomic E-state index is 10.4. The molecule has 9 heteroatoms. The van der Waals surface area contributed by atoms with Crippen LogP contribution in [-0.2, 0) is 13.7 Å². The number of carbonyl (C=O) groups is 2. The minimum absolute atomic E-state index is 0.792. The number of hydrogen-bond acceptors (Lipinski definition) is 5. The highest BCUT2D eigenvalue weighted by Gasteiger charge is 2.37. The van der Waals surface area contributed by atoms with E-state index in [1.807, 2.05) is 60.7 Å². The smallest absolute Gasteiger partial charge is 0.410 e. The highest BCUT2D eigenvalue weighted by molar-refractivity contribution is 6.86. The summed E-state index contributed by atoms with van der Waals surface area (Å²) in [4.78, 5) is 38.7. The summed E-state index contributed by atoms with van der Waals surface area (Å²) in [6.45, 7) is 5.24. The summed E-state index contributed by atoms with van der Waals surface area (Å²) in [5.74, 6) is 4.10. The molecule has 0 fully saturated rings. The van der Waals surface area contributed by atoms with Crippen molar-refractivity contribution in [3.63, 3.8) is 0 Å². The van der Waals surface area contributed by atoms with Gasteiger partial charge in [0.25, 0.3) is 11.9 Å². The first-order valence-corrected chi connectivity index (χ1v) is 13.7. The van der Waals surface area contributed by atoms with Crippen LogP contribution in [0.25, 0.3) is 0 Å². The molecule has 0 heterocycles. The Labute approximate surface area is 184 Å². The summed E-state index contributed by atoms with van der Waals surface area (Å²) in [5, 5.41) is 14.8. The van der Waals surface area contributed by atoms with E-state index in [4.69, 9.17) is 23.9 Å². The summed E-state index contributed by atoms with van der Waals surface area (Å²) in [6.07, 6.45) is 0. The van der Waals surface area contributed by atoms with Gasteiger partial charge in [0.1, 0.15) is 0 Å². The molecule has 0 saturated carbocycles. The Morgan fingerprint density at radius 2 is 0.968 bits per heavy atom. The molecule has 0 bridgehead atoms. The Morgan fingerprint density at radius 1 is 0.710 bits per heavy atom. The SMILES string of the molecule is CC(=O)O.CC(=O)O.C[Si](O)(C#Cc1ccccc1)O[Si](C)(O)C#Cc1ccccc1. The van der Waals surface area contributed by atoms with Gasteiger partial charge in [-0.15, -0.1) is 0 Å². The topological polar surface area (TPSA) is 124 Å². The van der Waals surface area contributed by atoms with E-state index in [1.165, 1.54) is 13.1 Å². The zero-order chi connectivity index (χ0) is 23.9. The van der Waals surface area contributed by atoms with Crippen LogP contribution in [0.15, 0.2) is 60.7 Å². The highest BCUT2D eigenvalue weighted by Crippen LogP contribution is 2.09. The van der Waals surface area contributed by atoms with Gasteiger partial charge in [-0.05, 0) is 37.4 Å². The molecular formula is C22H26O7Si2. The third-order valence-corrected chi connectivity index (χ3v) is 7.18. The number of carboxylic acids is 2. The van der Waals surface area contributed by atoms with Gasteiger partial charge in [-0.1, -0.05) is 59.3 Å². The van der Waals surface area contributed by atoms with Gasteiger partial charge in [-0.3, -0.25) is 9.59 Å². The van der Waals surface area contributed by atoms with Crippen molar-refractivity contribution in [1.29, 1.82) is 0 Å². The Morgan fingerprint density at radius 3 is 1.23 bits per heavy atom. The minimum atomic E-state index is -3.31. The van der Waals surface area contributed by atoms with E-state index >= 15 is 0 Å². The molecule has 31 heavy (non-hydrogen) atoms. The predicted octanol–water partition coefficient (Wildman–Crippen LogP) is 2.50. The van der Waals surface area contributed by atoms with Crippen molar-refractivity contribution in [1.82, 2.24) is 0 Å². The minimum Gasteiger partial charge on any atom is -0.481 e. The standard InChI is InChI=1S/C18H18O3Si2.2C2H4O2/c1-22(19,15-13-17-9-5-3-6-10-17)21-23(2,20)16-14-18-11-7-4-8-12-18;2*1-2(3)4/h3-12,19-20H,1-2H3;2*1H3,(H,3,4). The molecule has 0 spiro atoms. The average Bonchev–Trinajstić information content (AvgIpc) is 2.65. The summed E-state index contributed by atoms with van der Waals surface area (Å²) in [7, 11) is -6.62. The number of benzene rings is 2. The van der Waals surface area contributed by atoms with Crippen molar-refractivity contribution in [2.45, 2.75) is 26.9 Å². The van der Waals surface area contributed by atoms with Crippen LogP contribution in [0, 0.1) is 22.9 Å². The van der Waals surface area contributed by atoms with Crippen molar-refractivity contribution in [2.24, 2.45) is 0 Å². The molecule has 0 aliphatic carbocycles. The van der Waals surface area contributed by atoms with Crippen LogP contribution in [0.4, 0.5) is 0 Å². The predicted molar refractivity (Wildman–Crippen MR) is 122 cm³/mol. The van der Waals surface area contributed by atoms with Gasteiger partial charge in [-0.25, -0.2) is 0 Å². The van der Waals surface area contributed by atoms with E-state index in [1.54, 1.807) is 0 Å². The zero-order valence-corrected chi connectivity index (χ0v) is 19.8. The van der Waals surface area contributed by atoms with Crippen LogP contribution in [0.2, 0.25) is 13.1 Å². The molecule has 2 rings (SSSR count). The van der Waals surface area contributed by atoms with Crippen LogP contribution >= 0.6 is 0 Å². The summed E-state index contributed by atoms with van der Waals surface area (Å²) in [5.41, 5.74) is 7.10. The Hall–Kier alpha value is -3.19. The molecule has 4 N–H and O–H groups in total. The molecule has 2 aromatic rings. The molecular weight excluding hydrogens is 432 g/mol. The van der Waals surface area contributed by atoms with E-state index in [2.05, 4.69) is 22.9 Å². The summed E-state index contributed by atoms with van der Waals surface area (Å²) in [6, 6.07) is 18.7. The molecule has 7 nitrogen and oxygen atoms in total. The van der Waals surface area contributed by atoms with Gasteiger partial charge >= 0.3 is 17.1 Å². The van der Waals surface area contributed by atoms with Gasteiger partial charge in [0.05, 0.1) is 0 Å². The van der Waals surface area contributed by atoms with Crippen molar-refractivity contribution >= 4 is 29.1 Å². The first-order valence-electron chi connectivity index (χ1n) is 9.03. The van der Waals surface area contributed by atoms with Crippen molar-refractivity contribution in [2.75, 3.05) is 0 Å². The summed E-state index contributed by atoms with van der Waals surface area (Å²) < 4.78 is 5.51. The fourth-order valence-corrected chi connectivity index (χ4v) is 6.11. The molecule has 0 radical (unpaired) electrons. The fraction of sp³-hybridized carbons (Fsp3) is 0.182. The lowest BCUT2D eigenvalue weighted by Crippen LogP contribution is -2.47. The second-order valence-electron chi connectivity index (χ2n) is 6.34. The second-order valence-corrected chi connectivity index (χ2v) is 11.6. The van der Waals surface area contributed by atoms with E-state index in [9.17, 15) is 9.59 Å². The molecule has 0 saturated heterocycles. The van der Waals surface area contributed by atoms with Gasteiger partial charge in [0, 0.05) is 25.0 Å². The zero-order valence-electron chi connectivity index (χ0n) is 17.8. The maximum Gasteiger partial charge on any atom is 0.410 e. The second kappa shape index (κ2) is 13.9. The quantitative estimate of drug-likeness (QED) is 0.403. The van der Waals surface area contributed by atoms with Gasteiger partial charge < -0.3 is 23.9 Å². The van der Waals surface area contributed by atoms with Crippen LogP contribution in [-0.4, -0.2) is 48.9 Å². The molecule has 164 valence electrons.